The maximum Gasteiger partial charge on any atom is 0.261 e. The fraction of sp³-hybridized carbons (Fsp3) is 0.333. The SMILES string of the molecule is COc1ccc(N2CCN(CCCNC(=O)c3cc4c(C)nn(-c5ccccc5)c4s3)CC2)cc1. The molecule has 182 valence electrons. The molecule has 0 aliphatic carbocycles. The minimum atomic E-state index is -0.00506. The molecule has 35 heavy (non-hydrogen) atoms. The zero-order valence-electron chi connectivity index (χ0n) is 20.2. The van der Waals surface area contributed by atoms with E-state index >= 15 is 0 Å². The molecular formula is C27H31N5O2S. The first kappa shape index (κ1) is 23.4. The second-order valence-corrected chi connectivity index (χ2v) is 9.83. The van der Waals surface area contributed by atoms with Gasteiger partial charge >= 0.3 is 0 Å². The van der Waals surface area contributed by atoms with Crippen molar-refractivity contribution in [2.24, 2.45) is 0 Å². The lowest BCUT2D eigenvalue weighted by atomic mass is 10.2. The van der Waals surface area contributed by atoms with Crippen LogP contribution in [0.2, 0.25) is 0 Å². The van der Waals surface area contributed by atoms with E-state index in [9.17, 15) is 4.79 Å². The normalized spacial score (nSPS) is 14.4. The number of thiophene rings is 1. The lowest BCUT2D eigenvalue weighted by Gasteiger charge is -2.36. The molecule has 8 heteroatoms. The van der Waals surface area contributed by atoms with Crippen molar-refractivity contribution in [1.29, 1.82) is 0 Å². The van der Waals surface area contributed by atoms with Crippen molar-refractivity contribution < 1.29 is 9.53 Å². The van der Waals surface area contributed by atoms with Crippen LogP contribution in [0.3, 0.4) is 0 Å². The topological polar surface area (TPSA) is 62.6 Å². The molecule has 0 radical (unpaired) electrons. The Morgan fingerprint density at radius 1 is 1.03 bits per heavy atom. The summed E-state index contributed by atoms with van der Waals surface area (Å²) in [6.45, 7) is 7.75. The van der Waals surface area contributed by atoms with Gasteiger partial charge in [0.2, 0.25) is 0 Å². The number of nitrogens with one attached hydrogen (secondary N) is 1. The summed E-state index contributed by atoms with van der Waals surface area (Å²) in [6.07, 6.45) is 0.940. The second-order valence-electron chi connectivity index (χ2n) is 8.80. The van der Waals surface area contributed by atoms with Crippen molar-refractivity contribution in [3.05, 3.63) is 71.2 Å². The number of anilines is 1. The van der Waals surface area contributed by atoms with Crippen molar-refractivity contribution in [2.75, 3.05) is 51.3 Å². The van der Waals surface area contributed by atoms with Crippen molar-refractivity contribution in [3.8, 4) is 11.4 Å². The van der Waals surface area contributed by atoms with E-state index in [2.05, 4.69) is 32.3 Å². The van der Waals surface area contributed by atoms with Crippen LogP contribution in [0.15, 0.2) is 60.7 Å². The number of benzene rings is 2. The predicted molar refractivity (Wildman–Crippen MR) is 142 cm³/mol. The molecule has 1 N–H and O–H groups in total. The molecule has 0 atom stereocenters. The summed E-state index contributed by atoms with van der Waals surface area (Å²) in [5.41, 5.74) is 3.19. The zero-order chi connectivity index (χ0) is 24.2. The summed E-state index contributed by atoms with van der Waals surface area (Å²) >= 11 is 1.50. The summed E-state index contributed by atoms with van der Waals surface area (Å²) in [5.74, 6) is 0.882. The van der Waals surface area contributed by atoms with Crippen LogP contribution in [-0.4, -0.2) is 67.0 Å². The highest BCUT2D eigenvalue weighted by molar-refractivity contribution is 7.20. The van der Waals surface area contributed by atoms with Gasteiger partial charge in [-0.25, -0.2) is 4.68 Å². The lowest BCUT2D eigenvalue weighted by molar-refractivity contribution is 0.0955. The van der Waals surface area contributed by atoms with Gasteiger partial charge in [0.15, 0.2) is 0 Å². The van der Waals surface area contributed by atoms with Gasteiger partial charge in [-0.05, 0) is 62.4 Å². The van der Waals surface area contributed by atoms with Crippen LogP contribution in [0.25, 0.3) is 15.9 Å². The van der Waals surface area contributed by atoms with Gasteiger partial charge in [0, 0.05) is 43.8 Å². The first-order valence-electron chi connectivity index (χ1n) is 12.1. The van der Waals surface area contributed by atoms with Gasteiger partial charge in [-0.1, -0.05) is 18.2 Å². The highest BCUT2D eigenvalue weighted by atomic mass is 32.1. The van der Waals surface area contributed by atoms with E-state index in [0.717, 1.165) is 71.4 Å². The maximum atomic E-state index is 12.8. The Kier molecular flexibility index (Phi) is 7.01. The number of rotatable bonds is 8. The Bertz CT molecular complexity index is 1270. The average Bonchev–Trinajstić information content (AvgIpc) is 3.48. The van der Waals surface area contributed by atoms with Crippen molar-refractivity contribution in [3.63, 3.8) is 0 Å². The standard InChI is InChI=1S/C27H31N5O2S/c1-20-24-19-25(35-27(24)32(29-20)22-7-4-3-5-8-22)26(33)28-13-6-14-30-15-17-31(18-16-30)21-9-11-23(34-2)12-10-21/h3-5,7-12,19H,6,13-18H2,1-2H3,(H,28,33). The van der Waals surface area contributed by atoms with Gasteiger partial charge in [0.25, 0.3) is 5.91 Å². The van der Waals surface area contributed by atoms with Crippen molar-refractivity contribution >= 4 is 33.1 Å². The Balaban J connectivity index is 1.09. The largest absolute Gasteiger partial charge is 0.497 e. The summed E-state index contributed by atoms with van der Waals surface area (Å²) in [4.78, 5) is 19.4. The van der Waals surface area contributed by atoms with E-state index < -0.39 is 0 Å². The van der Waals surface area contributed by atoms with Gasteiger partial charge in [-0.2, -0.15) is 5.10 Å². The van der Waals surface area contributed by atoms with E-state index in [1.165, 1.54) is 17.0 Å². The third-order valence-electron chi connectivity index (χ3n) is 6.52. The Morgan fingerprint density at radius 3 is 2.49 bits per heavy atom. The van der Waals surface area contributed by atoms with Crippen LogP contribution in [0.4, 0.5) is 5.69 Å². The van der Waals surface area contributed by atoms with Gasteiger partial charge in [-0.15, -0.1) is 11.3 Å². The number of aromatic nitrogens is 2. The number of nitrogens with zero attached hydrogens (tertiary/aromatic N) is 4. The summed E-state index contributed by atoms with van der Waals surface area (Å²) in [7, 11) is 1.69. The number of amides is 1. The van der Waals surface area contributed by atoms with E-state index in [-0.39, 0.29) is 5.91 Å². The second kappa shape index (κ2) is 10.5. The van der Waals surface area contributed by atoms with Crippen LogP contribution in [0.5, 0.6) is 5.75 Å². The molecule has 0 spiro atoms. The molecule has 5 rings (SSSR count). The number of ether oxygens (including phenoxy) is 1. The summed E-state index contributed by atoms with van der Waals surface area (Å²) < 4.78 is 7.18. The maximum absolute atomic E-state index is 12.8. The molecule has 0 saturated carbocycles. The summed E-state index contributed by atoms with van der Waals surface area (Å²) in [6, 6.07) is 20.3. The van der Waals surface area contributed by atoms with Crippen molar-refractivity contribution in [1.82, 2.24) is 20.0 Å². The summed E-state index contributed by atoms with van der Waals surface area (Å²) in [5, 5.41) is 8.81. The van der Waals surface area contributed by atoms with Crippen LogP contribution in [0, 0.1) is 6.92 Å². The molecule has 2 aromatic carbocycles. The third-order valence-corrected chi connectivity index (χ3v) is 7.63. The van der Waals surface area contributed by atoms with Crippen molar-refractivity contribution in [2.45, 2.75) is 13.3 Å². The number of fused-ring (bicyclic) bond motifs is 1. The molecule has 7 nitrogen and oxygen atoms in total. The molecule has 3 heterocycles. The van der Waals surface area contributed by atoms with Gasteiger partial charge in [0.05, 0.1) is 23.4 Å². The predicted octanol–water partition coefficient (Wildman–Crippen LogP) is 4.35. The molecule has 1 fully saturated rings. The Labute approximate surface area is 209 Å². The number of carbonyl (C=O) groups is 1. The monoisotopic (exact) mass is 489 g/mol. The number of aryl methyl sites for hydroxylation is 1. The quantitative estimate of drug-likeness (QED) is 0.373. The van der Waals surface area contributed by atoms with Crippen LogP contribution in [-0.2, 0) is 0 Å². The number of para-hydroxylation sites is 1. The van der Waals surface area contributed by atoms with Gasteiger partial charge < -0.3 is 15.0 Å². The molecule has 1 aliphatic rings. The number of piperazine rings is 1. The Morgan fingerprint density at radius 2 is 1.77 bits per heavy atom. The first-order chi connectivity index (χ1) is 17.1. The fourth-order valence-electron chi connectivity index (χ4n) is 4.52. The molecule has 2 aromatic heterocycles. The molecule has 0 unspecified atom stereocenters. The molecule has 4 aromatic rings. The highest BCUT2D eigenvalue weighted by Gasteiger charge is 2.19. The third kappa shape index (κ3) is 5.18. The number of methoxy groups -OCH3 is 1. The van der Waals surface area contributed by atoms with E-state index in [1.807, 2.05) is 60.1 Å². The van der Waals surface area contributed by atoms with Crippen LogP contribution in [0.1, 0.15) is 21.8 Å². The first-order valence-corrected chi connectivity index (χ1v) is 12.9. The molecule has 1 aliphatic heterocycles. The molecule has 0 bridgehead atoms. The van der Waals surface area contributed by atoms with Gasteiger partial charge in [0.1, 0.15) is 10.6 Å². The number of hydrogen-bond acceptors (Lipinski definition) is 6. The van der Waals surface area contributed by atoms with E-state index in [0.29, 0.717) is 6.54 Å². The number of hydrogen-bond donors (Lipinski definition) is 1. The van der Waals surface area contributed by atoms with Gasteiger partial charge in [-0.3, -0.25) is 9.69 Å². The average molecular weight is 490 g/mol. The van der Waals surface area contributed by atoms with Crippen LogP contribution >= 0.6 is 11.3 Å². The zero-order valence-corrected chi connectivity index (χ0v) is 21.1. The highest BCUT2D eigenvalue weighted by Crippen LogP contribution is 2.30. The minimum Gasteiger partial charge on any atom is -0.497 e. The molecule has 1 saturated heterocycles. The minimum absolute atomic E-state index is 0.00506. The molecular weight excluding hydrogens is 458 g/mol. The Hall–Kier alpha value is -3.36. The smallest absolute Gasteiger partial charge is 0.261 e. The lowest BCUT2D eigenvalue weighted by Crippen LogP contribution is -2.47. The van der Waals surface area contributed by atoms with Crippen LogP contribution < -0.4 is 15.0 Å². The van der Waals surface area contributed by atoms with E-state index in [1.54, 1.807) is 7.11 Å². The fourth-order valence-corrected chi connectivity index (χ4v) is 5.62. The number of carbonyl (C=O) groups excluding carboxylic acids is 1. The molecule has 1 amide bonds. The van der Waals surface area contributed by atoms with E-state index in [4.69, 9.17) is 4.74 Å².